The van der Waals surface area contributed by atoms with Gasteiger partial charge in [-0.15, -0.1) is 10.2 Å². The highest BCUT2D eigenvalue weighted by molar-refractivity contribution is 7.89. The highest BCUT2D eigenvalue weighted by Gasteiger charge is 2.31. The summed E-state index contributed by atoms with van der Waals surface area (Å²) in [7, 11) is -3.60. The molecule has 4 rings (SSSR count). The summed E-state index contributed by atoms with van der Waals surface area (Å²) in [6, 6.07) is 5.76. The summed E-state index contributed by atoms with van der Waals surface area (Å²) >= 11 is 0. The highest BCUT2D eigenvalue weighted by Crippen LogP contribution is 2.20. The zero-order chi connectivity index (χ0) is 21.5. The van der Waals surface area contributed by atoms with Crippen LogP contribution in [-0.4, -0.2) is 68.4 Å². The molecule has 1 aliphatic heterocycles. The maximum absolute atomic E-state index is 12.9. The van der Waals surface area contributed by atoms with E-state index in [-0.39, 0.29) is 5.03 Å². The van der Waals surface area contributed by atoms with Crippen LogP contribution in [0.25, 0.3) is 5.82 Å². The average molecular weight is 431 g/mol. The van der Waals surface area contributed by atoms with Crippen LogP contribution >= 0.6 is 0 Å². The van der Waals surface area contributed by atoms with Crippen molar-refractivity contribution in [2.24, 2.45) is 0 Å². The van der Waals surface area contributed by atoms with Crippen LogP contribution in [0.3, 0.4) is 0 Å². The van der Waals surface area contributed by atoms with Crippen molar-refractivity contribution in [2.75, 3.05) is 31.1 Å². The summed E-state index contributed by atoms with van der Waals surface area (Å²) in [5, 5.41) is 13.2. The van der Waals surface area contributed by atoms with Gasteiger partial charge in [-0.1, -0.05) is 0 Å². The zero-order valence-electron chi connectivity index (χ0n) is 17.6. The van der Waals surface area contributed by atoms with Gasteiger partial charge in [0.05, 0.1) is 5.69 Å². The number of piperazine rings is 1. The van der Waals surface area contributed by atoms with Gasteiger partial charge in [0.25, 0.3) is 10.0 Å². The largest absolute Gasteiger partial charge is 0.352 e. The van der Waals surface area contributed by atoms with Crippen molar-refractivity contribution in [1.29, 1.82) is 0 Å². The second-order valence-electron chi connectivity index (χ2n) is 7.39. The Balaban J connectivity index is 1.44. The molecule has 0 saturated carbocycles. The van der Waals surface area contributed by atoms with E-state index in [1.165, 1.54) is 4.31 Å². The van der Waals surface area contributed by atoms with Crippen LogP contribution in [0.2, 0.25) is 0 Å². The van der Waals surface area contributed by atoms with Crippen LogP contribution < -0.4 is 4.90 Å². The second-order valence-corrected chi connectivity index (χ2v) is 9.28. The molecule has 160 valence electrons. The first-order valence-corrected chi connectivity index (χ1v) is 11.4. The third-order valence-corrected chi connectivity index (χ3v) is 7.09. The molecule has 11 heteroatoms. The normalized spacial score (nSPS) is 15.7. The van der Waals surface area contributed by atoms with Crippen molar-refractivity contribution in [1.82, 2.24) is 33.8 Å². The summed E-state index contributed by atoms with van der Waals surface area (Å²) in [5.41, 5.74) is 1.92. The molecule has 1 aliphatic rings. The maximum atomic E-state index is 12.9. The lowest BCUT2D eigenvalue weighted by molar-refractivity contribution is 0.382. The van der Waals surface area contributed by atoms with Gasteiger partial charge in [-0.25, -0.2) is 18.1 Å². The molecular weight excluding hydrogens is 404 g/mol. The third-order valence-electron chi connectivity index (χ3n) is 5.32. The van der Waals surface area contributed by atoms with E-state index in [1.54, 1.807) is 10.9 Å². The molecule has 0 radical (unpaired) electrons. The lowest BCUT2D eigenvalue weighted by atomic mass is 10.3. The molecule has 0 atom stereocenters. The van der Waals surface area contributed by atoms with Crippen LogP contribution in [0, 0.1) is 20.8 Å². The molecule has 1 saturated heterocycles. The number of imidazole rings is 1. The van der Waals surface area contributed by atoms with E-state index in [2.05, 4.69) is 20.3 Å². The standard InChI is InChI=1S/C19H26N8O2S/c1-5-24-13-19(20-16(24)4)30(28,29)26-10-8-25(9-11-26)17-6-7-18(22-21-17)27-15(3)12-14(2)23-27/h6-7,12-13H,5,8-11H2,1-4H3. The Morgan fingerprint density at radius 2 is 1.67 bits per heavy atom. The lowest BCUT2D eigenvalue weighted by Gasteiger charge is -2.33. The van der Waals surface area contributed by atoms with E-state index < -0.39 is 10.0 Å². The summed E-state index contributed by atoms with van der Waals surface area (Å²) in [6.07, 6.45) is 1.61. The van der Waals surface area contributed by atoms with Gasteiger partial charge in [0.2, 0.25) is 0 Å². The van der Waals surface area contributed by atoms with E-state index >= 15 is 0 Å². The van der Waals surface area contributed by atoms with Gasteiger partial charge < -0.3 is 9.47 Å². The Morgan fingerprint density at radius 1 is 1.00 bits per heavy atom. The van der Waals surface area contributed by atoms with E-state index in [0.29, 0.717) is 44.4 Å². The number of anilines is 1. The van der Waals surface area contributed by atoms with E-state index in [0.717, 1.165) is 17.2 Å². The molecule has 0 aliphatic carbocycles. The van der Waals surface area contributed by atoms with E-state index in [4.69, 9.17) is 0 Å². The topological polar surface area (TPSA) is 102 Å². The lowest BCUT2D eigenvalue weighted by Crippen LogP contribution is -2.49. The van der Waals surface area contributed by atoms with Crippen molar-refractivity contribution < 1.29 is 8.42 Å². The first-order valence-electron chi connectivity index (χ1n) is 9.96. The Kier molecular flexibility index (Phi) is 5.33. The van der Waals surface area contributed by atoms with Crippen molar-refractivity contribution in [2.45, 2.75) is 39.3 Å². The monoisotopic (exact) mass is 430 g/mol. The van der Waals surface area contributed by atoms with Gasteiger partial charge in [0.15, 0.2) is 16.7 Å². The maximum Gasteiger partial charge on any atom is 0.262 e. The molecule has 3 aromatic rings. The fourth-order valence-corrected chi connectivity index (χ4v) is 5.09. The Labute approximate surface area is 176 Å². The highest BCUT2D eigenvalue weighted by atomic mass is 32.2. The molecular formula is C19H26N8O2S. The number of nitrogens with zero attached hydrogens (tertiary/aromatic N) is 8. The average Bonchev–Trinajstić information content (AvgIpc) is 3.29. The number of hydrogen-bond acceptors (Lipinski definition) is 7. The third kappa shape index (κ3) is 3.70. The molecule has 30 heavy (non-hydrogen) atoms. The quantitative estimate of drug-likeness (QED) is 0.601. The first kappa shape index (κ1) is 20.5. The molecule has 0 unspecified atom stereocenters. The molecule has 0 N–H and O–H groups in total. The molecule has 1 fully saturated rings. The molecule has 4 heterocycles. The predicted molar refractivity (Wildman–Crippen MR) is 112 cm³/mol. The minimum atomic E-state index is -3.60. The minimum Gasteiger partial charge on any atom is -0.352 e. The van der Waals surface area contributed by atoms with Gasteiger partial charge in [0, 0.05) is 44.6 Å². The molecule has 0 bridgehead atoms. The van der Waals surface area contributed by atoms with Gasteiger partial charge in [-0.2, -0.15) is 9.40 Å². The van der Waals surface area contributed by atoms with E-state index in [1.807, 2.05) is 55.4 Å². The van der Waals surface area contributed by atoms with Crippen LogP contribution in [0.5, 0.6) is 0 Å². The second kappa shape index (κ2) is 7.80. The van der Waals surface area contributed by atoms with Gasteiger partial charge in [-0.3, -0.25) is 0 Å². The number of rotatable bonds is 5. The fourth-order valence-electron chi connectivity index (χ4n) is 3.67. The van der Waals surface area contributed by atoms with Gasteiger partial charge in [-0.05, 0) is 45.9 Å². The number of aryl methyl sites for hydroxylation is 4. The van der Waals surface area contributed by atoms with Crippen molar-refractivity contribution in [3.05, 3.63) is 41.6 Å². The number of aromatic nitrogens is 6. The molecule has 0 aromatic carbocycles. The van der Waals surface area contributed by atoms with Crippen LogP contribution in [0.15, 0.2) is 29.4 Å². The Bertz CT molecular complexity index is 1140. The molecule has 10 nitrogen and oxygen atoms in total. The summed E-state index contributed by atoms with van der Waals surface area (Å²) < 4.78 is 31.0. The molecule has 0 spiro atoms. The molecule has 3 aromatic heterocycles. The van der Waals surface area contributed by atoms with Crippen molar-refractivity contribution in [3.8, 4) is 5.82 Å². The van der Waals surface area contributed by atoms with Crippen molar-refractivity contribution >= 4 is 15.8 Å². The number of sulfonamides is 1. The molecule has 0 amide bonds. The first-order chi connectivity index (χ1) is 14.3. The van der Waals surface area contributed by atoms with E-state index in [9.17, 15) is 8.42 Å². The van der Waals surface area contributed by atoms with Crippen LogP contribution in [-0.2, 0) is 16.6 Å². The van der Waals surface area contributed by atoms with Gasteiger partial charge >= 0.3 is 0 Å². The summed E-state index contributed by atoms with van der Waals surface area (Å²) in [5.74, 6) is 2.09. The summed E-state index contributed by atoms with van der Waals surface area (Å²) in [4.78, 5) is 6.28. The number of hydrogen-bond donors (Lipinski definition) is 0. The Hall–Kier alpha value is -2.79. The minimum absolute atomic E-state index is 0.115. The van der Waals surface area contributed by atoms with Crippen molar-refractivity contribution in [3.63, 3.8) is 0 Å². The smallest absolute Gasteiger partial charge is 0.262 e. The zero-order valence-corrected chi connectivity index (χ0v) is 18.5. The summed E-state index contributed by atoms with van der Waals surface area (Å²) in [6.45, 7) is 10.2. The SMILES string of the molecule is CCn1cc(S(=O)(=O)N2CCN(c3ccc(-n4nc(C)cc4C)nn3)CC2)nc1C. The van der Waals surface area contributed by atoms with Crippen LogP contribution in [0.4, 0.5) is 5.82 Å². The van der Waals surface area contributed by atoms with Crippen LogP contribution in [0.1, 0.15) is 24.1 Å². The Morgan fingerprint density at radius 3 is 2.20 bits per heavy atom. The fraction of sp³-hybridized carbons (Fsp3) is 0.474. The van der Waals surface area contributed by atoms with Gasteiger partial charge in [0.1, 0.15) is 5.82 Å². The predicted octanol–water partition coefficient (Wildman–Crippen LogP) is 1.31.